The first-order chi connectivity index (χ1) is 8.90. The number of nitrogens with one attached hydrogen (secondary N) is 2. The minimum absolute atomic E-state index is 0.0281. The van der Waals surface area contributed by atoms with E-state index in [2.05, 4.69) is 14.9 Å². The Kier molecular flexibility index (Phi) is 3.74. The molecule has 0 amide bonds. The highest BCUT2D eigenvalue weighted by atomic mass is 35.5. The van der Waals surface area contributed by atoms with E-state index >= 15 is 0 Å². The maximum absolute atomic E-state index is 13.0. The van der Waals surface area contributed by atoms with Crippen molar-refractivity contribution in [3.8, 4) is 0 Å². The van der Waals surface area contributed by atoms with E-state index < -0.39 is 15.8 Å². The molecule has 0 aliphatic heterocycles. The lowest BCUT2D eigenvalue weighted by Gasteiger charge is -2.06. The van der Waals surface area contributed by atoms with E-state index in [0.717, 1.165) is 18.2 Å². The molecular formula is C10H10ClFN4O2S. The number of nitrogen functional groups attached to an aromatic ring is 1. The van der Waals surface area contributed by atoms with Crippen LogP contribution in [0.2, 0.25) is 5.02 Å². The van der Waals surface area contributed by atoms with Gasteiger partial charge in [-0.1, -0.05) is 11.6 Å². The second-order valence-corrected chi connectivity index (χ2v) is 5.88. The minimum atomic E-state index is -3.79. The summed E-state index contributed by atoms with van der Waals surface area (Å²) in [5.41, 5.74) is 6.04. The monoisotopic (exact) mass is 304 g/mol. The van der Waals surface area contributed by atoms with Crippen LogP contribution in [0.25, 0.3) is 0 Å². The van der Waals surface area contributed by atoms with Crippen LogP contribution in [0.15, 0.2) is 29.3 Å². The molecule has 0 aliphatic rings. The molecule has 2 rings (SSSR count). The zero-order valence-corrected chi connectivity index (χ0v) is 11.1. The van der Waals surface area contributed by atoms with Crippen LogP contribution in [0.3, 0.4) is 0 Å². The maximum Gasteiger partial charge on any atom is 0.240 e. The number of aromatic amines is 1. The normalized spacial score (nSPS) is 11.7. The Hall–Kier alpha value is -1.64. The molecule has 0 atom stereocenters. The third kappa shape index (κ3) is 3.03. The van der Waals surface area contributed by atoms with E-state index in [1.165, 1.54) is 6.20 Å². The van der Waals surface area contributed by atoms with Crippen molar-refractivity contribution < 1.29 is 12.8 Å². The summed E-state index contributed by atoms with van der Waals surface area (Å²) in [5, 5.41) is 5.89. The molecule has 102 valence electrons. The van der Waals surface area contributed by atoms with E-state index in [9.17, 15) is 12.8 Å². The standard InChI is InChI=1S/C10H10ClFN4O2S/c11-8-3-7(1-2-9(8)12)19(17,18)15-5-6-4-14-16-10(6)13/h1-4,15H,5H2,(H3,13,14,16). The molecule has 0 saturated carbocycles. The van der Waals surface area contributed by atoms with Gasteiger partial charge in [0.1, 0.15) is 11.6 Å². The van der Waals surface area contributed by atoms with Crippen LogP contribution in [-0.2, 0) is 16.6 Å². The smallest absolute Gasteiger partial charge is 0.240 e. The average molecular weight is 305 g/mol. The maximum atomic E-state index is 13.0. The predicted octanol–water partition coefficient (Wildman–Crippen LogP) is 1.26. The number of aromatic nitrogens is 2. The fourth-order valence-electron chi connectivity index (χ4n) is 1.36. The largest absolute Gasteiger partial charge is 0.384 e. The van der Waals surface area contributed by atoms with Gasteiger partial charge in [-0.15, -0.1) is 0 Å². The van der Waals surface area contributed by atoms with Gasteiger partial charge in [0.15, 0.2) is 0 Å². The van der Waals surface area contributed by atoms with Crippen LogP contribution < -0.4 is 10.5 Å². The Bertz CT molecular complexity index is 701. The second kappa shape index (κ2) is 5.16. The summed E-state index contributed by atoms with van der Waals surface area (Å²) in [6.07, 6.45) is 1.41. The summed E-state index contributed by atoms with van der Waals surface area (Å²) in [7, 11) is -3.79. The van der Waals surface area contributed by atoms with Gasteiger partial charge in [0.05, 0.1) is 16.1 Å². The molecule has 0 aliphatic carbocycles. The number of H-pyrrole nitrogens is 1. The van der Waals surface area contributed by atoms with Gasteiger partial charge in [-0.05, 0) is 18.2 Å². The quantitative estimate of drug-likeness (QED) is 0.791. The number of nitrogens with two attached hydrogens (primary N) is 1. The molecule has 1 aromatic carbocycles. The molecule has 6 nitrogen and oxygen atoms in total. The van der Waals surface area contributed by atoms with E-state index in [1.807, 2.05) is 0 Å². The molecule has 0 unspecified atom stereocenters. The first-order valence-corrected chi connectivity index (χ1v) is 6.98. The lowest BCUT2D eigenvalue weighted by molar-refractivity contribution is 0.580. The highest BCUT2D eigenvalue weighted by Crippen LogP contribution is 2.19. The molecule has 0 fully saturated rings. The fraction of sp³-hybridized carbons (Fsp3) is 0.100. The van der Waals surface area contributed by atoms with Crippen LogP contribution in [0.1, 0.15) is 5.56 Å². The second-order valence-electron chi connectivity index (χ2n) is 3.71. The third-order valence-corrected chi connectivity index (χ3v) is 4.09. The van der Waals surface area contributed by atoms with Gasteiger partial charge < -0.3 is 5.73 Å². The van der Waals surface area contributed by atoms with Crippen LogP contribution in [0.4, 0.5) is 10.2 Å². The topological polar surface area (TPSA) is 101 Å². The van der Waals surface area contributed by atoms with E-state index in [4.69, 9.17) is 17.3 Å². The lowest BCUT2D eigenvalue weighted by Crippen LogP contribution is -2.23. The molecule has 0 radical (unpaired) electrons. The first-order valence-electron chi connectivity index (χ1n) is 5.12. The molecule has 0 spiro atoms. The van der Waals surface area contributed by atoms with Gasteiger partial charge in [-0.3, -0.25) is 5.10 Å². The van der Waals surface area contributed by atoms with Crippen molar-refractivity contribution in [2.75, 3.05) is 5.73 Å². The molecular weight excluding hydrogens is 295 g/mol. The third-order valence-electron chi connectivity index (χ3n) is 2.41. The molecule has 9 heteroatoms. The van der Waals surface area contributed by atoms with Gasteiger partial charge in [-0.25, -0.2) is 17.5 Å². The van der Waals surface area contributed by atoms with Crippen molar-refractivity contribution in [1.82, 2.24) is 14.9 Å². The number of nitrogens with zero attached hydrogens (tertiary/aromatic N) is 1. The first kappa shape index (κ1) is 13.8. The number of benzene rings is 1. The molecule has 0 saturated heterocycles. The number of rotatable bonds is 4. The number of sulfonamides is 1. The molecule has 4 N–H and O–H groups in total. The van der Waals surface area contributed by atoms with Crippen molar-refractivity contribution in [3.63, 3.8) is 0 Å². The molecule has 1 heterocycles. The number of halogens is 2. The Morgan fingerprint density at radius 1 is 1.47 bits per heavy atom. The van der Waals surface area contributed by atoms with Crippen LogP contribution in [0.5, 0.6) is 0 Å². The summed E-state index contributed by atoms with van der Waals surface area (Å²) in [4.78, 5) is -0.124. The van der Waals surface area contributed by atoms with Crippen LogP contribution >= 0.6 is 11.6 Å². The van der Waals surface area contributed by atoms with Crippen molar-refractivity contribution in [1.29, 1.82) is 0 Å². The number of hydrogen-bond acceptors (Lipinski definition) is 4. The van der Waals surface area contributed by atoms with Crippen LogP contribution in [0, 0.1) is 5.82 Å². The SMILES string of the molecule is Nc1[nH]ncc1CNS(=O)(=O)c1ccc(F)c(Cl)c1. The Labute approximate surface area is 113 Å². The van der Waals surface area contributed by atoms with Gasteiger partial charge in [0.2, 0.25) is 10.0 Å². The molecule has 0 bridgehead atoms. The van der Waals surface area contributed by atoms with Crippen molar-refractivity contribution >= 4 is 27.4 Å². The Morgan fingerprint density at radius 3 is 2.79 bits per heavy atom. The predicted molar refractivity (Wildman–Crippen MR) is 68.4 cm³/mol. The summed E-state index contributed by atoms with van der Waals surface area (Å²) in [6.45, 7) is -0.0281. The van der Waals surface area contributed by atoms with Gasteiger partial charge in [-0.2, -0.15) is 5.10 Å². The zero-order valence-electron chi connectivity index (χ0n) is 9.52. The van der Waals surface area contributed by atoms with Crippen molar-refractivity contribution in [3.05, 3.63) is 40.8 Å². The molecule has 2 aromatic rings. The van der Waals surface area contributed by atoms with E-state index in [0.29, 0.717) is 5.56 Å². The van der Waals surface area contributed by atoms with Crippen molar-refractivity contribution in [2.45, 2.75) is 11.4 Å². The summed E-state index contributed by atoms with van der Waals surface area (Å²) in [6, 6.07) is 3.16. The van der Waals surface area contributed by atoms with Gasteiger partial charge in [0.25, 0.3) is 0 Å². The molecule has 1 aromatic heterocycles. The van der Waals surface area contributed by atoms with Crippen LogP contribution in [-0.4, -0.2) is 18.6 Å². The average Bonchev–Trinajstić information content (AvgIpc) is 2.76. The molecule has 19 heavy (non-hydrogen) atoms. The minimum Gasteiger partial charge on any atom is -0.384 e. The summed E-state index contributed by atoms with van der Waals surface area (Å²) < 4.78 is 39.2. The number of hydrogen-bond donors (Lipinski definition) is 3. The zero-order chi connectivity index (χ0) is 14.0. The summed E-state index contributed by atoms with van der Waals surface area (Å²) in [5.74, 6) is -0.403. The highest BCUT2D eigenvalue weighted by Gasteiger charge is 2.16. The lowest BCUT2D eigenvalue weighted by atomic mass is 10.3. The highest BCUT2D eigenvalue weighted by molar-refractivity contribution is 7.89. The van der Waals surface area contributed by atoms with Gasteiger partial charge >= 0.3 is 0 Å². The van der Waals surface area contributed by atoms with E-state index in [1.54, 1.807) is 0 Å². The van der Waals surface area contributed by atoms with E-state index in [-0.39, 0.29) is 22.3 Å². The van der Waals surface area contributed by atoms with Gasteiger partial charge in [0, 0.05) is 12.1 Å². The van der Waals surface area contributed by atoms with Crippen molar-refractivity contribution in [2.24, 2.45) is 0 Å². The number of anilines is 1. The Balaban J connectivity index is 2.18. The fourth-order valence-corrected chi connectivity index (χ4v) is 2.64. The summed E-state index contributed by atoms with van der Waals surface area (Å²) >= 11 is 5.54. The Morgan fingerprint density at radius 2 is 2.21 bits per heavy atom.